The van der Waals surface area contributed by atoms with E-state index in [0.29, 0.717) is 6.42 Å². The number of carboxylic acids is 1. The first-order valence-corrected chi connectivity index (χ1v) is 3.94. The van der Waals surface area contributed by atoms with Crippen molar-refractivity contribution in [1.29, 1.82) is 0 Å². The van der Waals surface area contributed by atoms with Gasteiger partial charge in [-0.05, 0) is 19.8 Å². The van der Waals surface area contributed by atoms with Gasteiger partial charge in [0.05, 0.1) is 7.11 Å². The highest BCUT2D eigenvalue weighted by atomic mass is 16.5. The first-order valence-electron chi connectivity index (χ1n) is 3.94. The number of allylic oxidation sites excluding steroid dienone is 1. The zero-order valence-corrected chi connectivity index (χ0v) is 7.87. The van der Waals surface area contributed by atoms with Crippen LogP contribution in [0.25, 0.3) is 0 Å². The molecule has 0 saturated carbocycles. The fraction of sp³-hybridized carbons (Fsp3) is 0.556. The highest BCUT2D eigenvalue weighted by molar-refractivity contribution is 5.93. The first kappa shape index (κ1) is 11.7. The van der Waals surface area contributed by atoms with Crippen molar-refractivity contribution in [2.45, 2.75) is 19.8 Å². The fourth-order valence-corrected chi connectivity index (χ4v) is 0.875. The normalized spacial score (nSPS) is 11.8. The van der Waals surface area contributed by atoms with Gasteiger partial charge in [0.1, 0.15) is 0 Å². The lowest BCUT2D eigenvalue weighted by Crippen LogP contribution is -2.24. The van der Waals surface area contributed by atoms with Gasteiger partial charge in [0.2, 0.25) is 0 Å². The summed E-state index contributed by atoms with van der Waals surface area (Å²) >= 11 is 0. The molecule has 4 heteroatoms. The third-order valence-corrected chi connectivity index (χ3v) is 1.64. The number of methoxy groups -OCH3 is 1. The Balaban J connectivity index is 4.18. The largest absolute Gasteiger partial charge is 0.481 e. The van der Waals surface area contributed by atoms with E-state index in [9.17, 15) is 9.59 Å². The van der Waals surface area contributed by atoms with E-state index in [1.165, 1.54) is 7.11 Å². The summed E-state index contributed by atoms with van der Waals surface area (Å²) in [6.45, 7) is 5.41. The quantitative estimate of drug-likeness (QED) is 0.398. The van der Waals surface area contributed by atoms with Gasteiger partial charge in [-0.15, -0.1) is 6.58 Å². The Morgan fingerprint density at radius 2 is 2.08 bits per heavy atom. The molecule has 0 aromatic carbocycles. The molecule has 0 saturated heterocycles. The Labute approximate surface area is 77.2 Å². The third-order valence-electron chi connectivity index (χ3n) is 1.64. The number of carbonyl (C=O) groups excluding carboxylic acids is 1. The molecule has 1 N–H and O–H groups in total. The molecule has 0 spiro atoms. The monoisotopic (exact) mass is 186 g/mol. The number of aliphatic carboxylic acids is 1. The van der Waals surface area contributed by atoms with Crippen LogP contribution in [0.5, 0.6) is 0 Å². The van der Waals surface area contributed by atoms with E-state index in [1.807, 2.05) is 0 Å². The summed E-state index contributed by atoms with van der Waals surface area (Å²) in [5.41, 5.74) is 0.857. The average molecular weight is 186 g/mol. The molecule has 13 heavy (non-hydrogen) atoms. The minimum Gasteiger partial charge on any atom is -0.481 e. The summed E-state index contributed by atoms with van der Waals surface area (Å²) in [4.78, 5) is 21.5. The van der Waals surface area contributed by atoms with E-state index in [4.69, 9.17) is 5.11 Å². The molecule has 0 radical (unpaired) electrons. The van der Waals surface area contributed by atoms with Crippen molar-refractivity contribution >= 4 is 11.9 Å². The van der Waals surface area contributed by atoms with Crippen molar-refractivity contribution in [2.24, 2.45) is 5.92 Å². The minimum atomic E-state index is -1.15. The molecule has 4 nitrogen and oxygen atoms in total. The van der Waals surface area contributed by atoms with Crippen LogP contribution in [0.15, 0.2) is 12.2 Å². The van der Waals surface area contributed by atoms with Crippen LogP contribution in [-0.4, -0.2) is 24.2 Å². The Morgan fingerprint density at radius 1 is 1.54 bits per heavy atom. The van der Waals surface area contributed by atoms with Crippen LogP contribution in [0, 0.1) is 5.92 Å². The summed E-state index contributed by atoms with van der Waals surface area (Å²) in [6.07, 6.45) is 0.767. The maximum absolute atomic E-state index is 10.9. The fourth-order valence-electron chi connectivity index (χ4n) is 0.875. The van der Waals surface area contributed by atoms with Gasteiger partial charge >= 0.3 is 11.9 Å². The second kappa shape index (κ2) is 5.35. The van der Waals surface area contributed by atoms with Crippen molar-refractivity contribution in [2.75, 3.05) is 7.11 Å². The number of esters is 1. The van der Waals surface area contributed by atoms with Crippen LogP contribution < -0.4 is 0 Å². The molecule has 0 aliphatic rings. The molecule has 0 aromatic heterocycles. The Hall–Kier alpha value is -1.32. The van der Waals surface area contributed by atoms with Gasteiger partial charge in [-0.2, -0.15) is 0 Å². The zero-order chi connectivity index (χ0) is 10.4. The van der Waals surface area contributed by atoms with Crippen molar-refractivity contribution in [3.05, 3.63) is 12.2 Å². The van der Waals surface area contributed by atoms with E-state index in [-0.39, 0.29) is 6.42 Å². The Kier molecular flexibility index (Phi) is 4.80. The number of carboxylic acid groups (broad SMARTS) is 1. The number of hydrogen-bond acceptors (Lipinski definition) is 3. The molecule has 0 bridgehead atoms. The van der Waals surface area contributed by atoms with E-state index >= 15 is 0 Å². The van der Waals surface area contributed by atoms with E-state index in [2.05, 4.69) is 11.3 Å². The van der Waals surface area contributed by atoms with Gasteiger partial charge < -0.3 is 9.84 Å². The Bertz CT molecular complexity index is 220. The van der Waals surface area contributed by atoms with Crippen LogP contribution in [0.3, 0.4) is 0 Å². The summed E-state index contributed by atoms with van der Waals surface area (Å²) in [7, 11) is 1.18. The molecule has 0 heterocycles. The summed E-state index contributed by atoms with van der Waals surface area (Å²) in [5.74, 6) is -2.91. The van der Waals surface area contributed by atoms with Crippen LogP contribution in [0.1, 0.15) is 19.8 Å². The molecular weight excluding hydrogens is 172 g/mol. The highest BCUT2D eigenvalue weighted by Gasteiger charge is 2.26. The third kappa shape index (κ3) is 4.30. The van der Waals surface area contributed by atoms with Gasteiger partial charge in [0, 0.05) is 0 Å². The maximum atomic E-state index is 10.9. The van der Waals surface area contributed by atoms with Crippen LogP contribution in [0.4, 0.5) is 0 Å². The van der Waals surface area contributed by atoms with Crippen molar-refractivity contribution in [3.8, 4) is 0 Å². The lowest BCUT2D eigenvalue weighted by Gasteiger charge is -2.08. The summed E-state index contributed by atoms with van der Waals surface area (Å²) < 4.78 is 4.36. The number of carbonyl (C=O) groups is 2. The number of ether oxygens (including phenoxy) is 1. The van der Waals surface area contributed by atoms with E-state index < -0.39 is 17.9 Å². The van der Waals surface area contributed by atoms with Gasteiger partial charge in [-0.1, -0.05) is 5.57 Å². The molecule has 1 unspecified atom stereocenters. The zero-order valence-electron chi connectivity index (χ0n) is 7.87. The Morgan fingerprint density at radius 3 is 2.38 bits per heavy atom. The molecular formula is C9H14O4. The number of rotatable bonds is 5. The molecule has 0 fully saturated rings. The van der Waals surface area contributed by atoms with Crippen molar-refractivity contribution in [1.82, 2.24) is 0 Å². The first-order chi connectivity index (χ1) is 5.99. The molecule has 1 atom stereocenters. The highest BCUT2D eigenvalue weighted by Crippen LogP contribution is 2.12. The van der Waals surface area contributed by atoms with Gasteiger partial charge in [0.15, 0.2) is 5.92 Å². The molecule has 0 aromatic rings. The van der Waals surface area contributed by atoms with E-state index in [0.717, 1.165) is 5.57 Å². The number of hydrogen-bond donors (Lipinski definition) is 1. The minimum absolute atomic E-state index is 0.247. The smallest absolute Gasteiger partial charge is 0.320 e. The predicted molar refractivity (Wildman–Crippen MR) is 47.2 cm³/mol. The average Bonchev–Trinajstić information content (AvgIpc) is 2.03. The molecule has 0 rings (SSSR count). The van der Waals surface area contributed by atoms with Gasteiger partial charge in [0.25, 0.3) is 0 Å². The van der Waals surface area contributed by atoms with Crippen molar-refractivity contribution < 1.29 is 19.4 Å². The van der Waals surface area contributed by atoms with E-state index in [1.54, 1.807) is 6.92 Å². The van der Waals surface area contributed by atoms with Crippen LogP contribution in [-0.2, 0) is 14.3 Å². The second-order valence-electron chi connectivity index (χ2n) is 2.91. The molecule has 74 valence electrons. The van der Waals surface area contributed by atoms with Crippen molar-refractivity contribution in [3.63, 3.8) is 0 Å². The topological polar surface area (TPSA) is 63.6 Å². The van der Waals surface area contributed by atoms with Crippen LogP contribution in [0.2, 0.25) is 0 Å². The molecule has 0 aliphatic heterocycles. The van der Waals surface area contributed by atoms with Gasteiger partial charge in [-0.25, -0.2) is 0 Å². The lowest BCUT2D eigenvalue weighted by molar-refractivity contribution is -0.156. The summed E-state index contributed by atoms with van der Waals surface area (Å²) in [5, 5.41) is 8.66. The molecule has 0 aliphatic carbocycles. The second-order valence-corrected chi connectivity index (χ2v) is 2.91. The predicted octanol–water partition coefficient (Wildman–Crippen LogP) is 1.22. The van der Waals surface area contributed by atoms with Crippen LogP contribution >= 0.6 is 0 Å². The molecule has 0 amide bonds. The lowest BCUT2D eigenvalue weighted by atomic mass is 10.0. The SMILES string of the molecule is C=C(C)CCC(C(=O)O)C(=O)OC. The maximum Gasteiger partial charge on any atom is 0.320 e. The summed E-state index contributed by atoms with van der Waals surface area (Å²) in [6, 6.07) is 0. The standard InChI is InChI=1S/C9H14O4/c1-6(2)4-5-7(8(10)11)9(12)13-3/h7H,1,4-5H2,2-3H3,(H,10,11). The van der Waals surface area contributed by atoms with Gasteiger partial charge in [-0.3, -0.25) is 9.59 Å².